The minimum atomic E-state index is -0.793. The van der Waals surface area contributed by atoms with Crippen LogP contribution < -0.4 is 4.74 Å². The van der Waals surface area contributed by atoms with Crippen molar-refractivity contribution in [2.75, 3.05) is 33.3 Å². The second-order valence-electron chi connectivity index (χ2n) is 8.45. The number of benzene rings is 1. The molecule has 4 heterocycles. The Morgan fingerprint density at radius 1 is 1.00 bits per heavy atom. The van der Waals surface area contributed by atoms with Gasteiger partial charge < -0.3 is 14.5 Å². The second kappa shape index (κ2) is 9.64. The molecule has 0 radical (unpaired) electrons. The summed E-state index contributed by atoms with van der Waals surface area (Å²) < 4.78 is 7.98. The van der Waals surface area contributed by atoms with Gasteiger partial charge in [0.2, 0.25) is 6.41 Å². The number of rotatable bonds is 6. The van der Waals surface area contributed by atoms with Gasteiger partial charge in [-0.15, -0.1) is 0 Å². The van der Waals surface area contributed by atoms with E-state index in [1.54, 1.807) is 36.1 Å². The van der Waals surface area contributed by atoms with Crippen molar-refractivity contribution in [2.45, 2.75) is 6.92 Å². The number of aromatic nitrogens is 5. The molecular weight excluding hydrogens is 478 g/mol. The Balaban J connectivity index is 1.43. The van der Waals surface area contributed by atoms with Gasteiger partial charge in [0.25, 0.3) is 17.6 Å². The van der Waals surface area contributed by atoms with Gasteiger partial charge in [0.15, 0.2) is 5.82 Å². The molecule has 2 amide bonds. The number of carbonyl (C=O) groups excluding carboxylic acids is 4. The van der Waals surface area contributed by atoms with Crippen molar-refractivity contribution in [3.8, 4) is 11.6 Å². The monoisotopic (exact) mass is 501 g/mol. The van der Waals surface area contributed by atoms with Gasteiger partial charge in [-0.3, -0.25) is 23.7 Å². The third kappa shape index (κ3) is 4.22. The van der Waals surface area contributed by atoms with Gasteiger partial charge in [-0.1, -0.05) is 18.2 Å². The summed E-state index contributed by atoms with van der Waals surface area (Å²) in [7, 11) is 1.41. The Bertz CT molecular complexity index is 1520. The van der Waals surface area contributed by atoms with Crippen LogP contribution in [0.15, 0.2) is 49.1 Å². The van der Waals surface area contributed by atoms with E-state index < -0.39 is 11.7 Å². The summed E-state index contributed by atoms with van der Waals surface area (Å²) in [6.07, 6.45) is 4.66. The van der Waals surface area contributed by atoms with Crippen LogP contribution in [0.1, 0.15) is 26.5 Å². The molecule has 3 aromatic heterocycles. The van der Waals surface area contributed by atoms with Crippen molar-refractivity contribution in [3.05, 3.63) is 66.0 Å². The minimum absolute atomic E-state index is 0.00669. The predicted molar refractivity (Wildman–Crippen MR) is 131 cm³/mol. The predicted octanol–water partition coefficient (Wildman–Crippen LogP) is 1.14. The number of methoxy groups -OCH3 is 1. The molecule has 0 bridgehead atoms. The summed E-state index contributed by atoms with van der Waals surface area (Å²) in [5.41, 5.74) is 0.833. The second-order valence-corrected chi connectivity index (χ2v) is 8.45. The number of amides is 2. The Morgan fingerprint density at radius 3 is 2.32 bits per heavy atom. The molecule has 0 spiro atoms. The summed E-state index contributed by atoms with van der Waals surface area (Å²) >= 11 is 0. The Morgan fingerprint density at radius 2 is 1.70 bits per heavy atom. The zero-order valence-corrected chi connectivity index (χ0v) is 20.2. The number of pyridine rings is 1. The van der Waals surface area contributed by atoms with Gasteiger partial charge in [-0.05, 0) is 19.1 Å². The number of aryl methyl sites for hydroxylation is 1. The summed E-state index contributed by atoms with van der Waals surface area (Å²) in [5, 5.41) is 4.52. The van der Waals surface area contributed by atoms with E-state index in [0.29, 0.717) is 30.9 Å². The van der Waals surface area contributed by atoms with E-state index in [4.69, 9.17) is 4.74 Å². The maximum Gasteiger partial charge on any atom is 0.295 e. The fourth-order valence-electron chi connectivity index (χ4n) is 4.41. The zero-order chi connectivity index (χ0) is 26.1. The first kappa shape index (κ1) is 23.9. The highest BCUT2D eigenvalue weighted by molar-refractivity contribution is 6.45. The SMILES string of the molecule is COc1cnc(-n2cnc(C)n2)c2c1c(C(=O)C(=O)N1CCN(C(=O)c3ccccc3)CC1)cn2C=O. The molecule has 1 aromatic carbocycles. The molecule has 4 aromatic rings. The Kier molecular flexibility index (Phi) is 6.22. The van der Waals surface area contributed by atoms with E-state index in [-0.39, 0.29) is 47.0 Å². The van der Waals surface area contributed by atoms with Crippen molar-refractivity contribution in [3.63, 3.8) is 0 Å². The molecule has 12 heteroatoms. The summed E-state index contributed by atoms with van der Waals surface area (Å²) in [6, 6.07) is 8.90. The van der Waals surface area contributed by atoms with Gasteiger partial charge in [-0.25, -0.2) is 14.6 Å². The molecule has 37 heavy (non-hydrogen) atoms. The van der Waals surface area contributed by atoms with Crippen LogP contribution in [0.5, 0.6) is 5.75 Å². The van der Waals surface area contributed by atoms with Gasteiger partial charge in [0.1, 0.15) is 23.4 Å². The number of hydrogen-bond acceptors (Lipinski definition) is 8. The normalized spacial score (nSPS) is 13.6. The maximum atomic E-state index is 13.4. The molecule has 12 nitrogen and oxygen atoms in total. The van der Waals surface area contributed by atoms with Crippen molar-refractivity contribution >= 4 is 34.9 Å². The zero-order valence-electron chi connectivity index (χ0n) is 20.2. The first-order valence-electron chi connectivity index (χ1n) is 11.5. The first-order valence-corrected chi connectivity index (χ1v) is 11.5. The van der Waals surface area contributed by atoms with Crippen LogP contribution in [-0.4, -0.2) is 91.4 Å². The molecule has 1 saturated heterocycles. The van der Waals surface area contributed by atoms with Gasteiger partial charge in [0, 0.05) is 37.9 Å². The van der Waals surface area contributed by atoms with Crippen LogP contribution in [0, 0.1) is 6.92 Å². The Hall–Kier alpha value is -4.87. The third-order valence-corrected chi connectivity index (χ3v) is 6.27. The minimum Gasteiger partial charge on any atom is -0.494 e. The fourth-order valence-corrected chi connectivity index (χ4v) is 4.41. The largest absolute Gasteiger partial charge is 0.494 e. The molecule has 0 unspecified atom stereocenters. The van der Waals surface area contributed by atoms with Crippen molar-refractivity contribution in [2.24, 2.45) is 0 Å². The molecule has 188 valence electrons. The lowest BCUT2D eigenvalue weighted by molar-refractivity contribution is -0.127. The molecule has 5 rings (SSSR count). The number of ketones is 1. The van der Waals surface area contributed by atoms with Gasteiger partial charge >= 0.3 is 0 Å². The number of hydrogen-bond donors (Lipinski definition) is 0. The van der Waals surface area contributed by atoms with Crippen LogP contribution in [0.25, 0.3) is 16.7 Å². The molecule has 1 fully saturated rings. The van der Waals surface area contributed by atoms with Crippen LogP contribution in [0.2, 0.25) is 0 Å². The maximum absolute atomic E-state index is 13.4. The average Bonchev–Trinajstić information content (AvgIpc) is 3.56. The highest BCUT2D eigenvalue weighted by Gasteiger charge is 2.32. The highest BCUT2D eigenvalue weighted by Crippen LogP contribution is 2.33. The molecule has 0 saturated carbocycles. The van der Waals surface area contributed by atoms with Crippen molar-refractivity contribution in [1.29, 1.82) is 0 Å². The lowest BCUT2D eigenvalue weighted by Crippen LogP contribution is -2.52. The highest BCUT2D eigenvalue weighted by atomic mass is 16.5. The summed E-state index contributed by atoms with van der Waals surface area (Å²) in [4.78, 5) is 62.8. The molecule has 1 aliphatic heterocycles. The van der Waals surface area contributed by atoms with E-state index in [1.165, 1.54) is 40.0 Å². The molecule has 0 N–H and O–H groups in total. The van der Waals surface area contributed by atoms with E-state index in [1.807, 2.05) is 6.07 Å². The summed E-state index contributed by atoms with van der Waals surface area (Å²) in [5.74, 6) is -0.673. The fraction of sp³-hybridized carbons (Fsp3) is 0.240. The molecule has 0 atom stereocenters. The molecule has 1 aliphatic rings. The van der Waals surface area contributed by atoms with Crippen molar-refractivity contribution < 1.29 is 23.9 Å². The lowest BCUT2D eigenvalue weighted by atomic mass is 10.1. The van der Waals surface area contributed by atoms with Crippen LogP contribution in [-0.2, 0) is 9.59 Å². The van der Waals surface area contributed by atoms with Gasteiger partial charge in [-0.2, -0.15) is 5.10 Å². The van der Waals surface area contributed by atoms with Gasteiger partial charge in [0.05, 0.1) is 24.3 Å². The van der Waals surface area contributed by atoms with Crippen LogP contribution in [0.4, 0.5) is 0 Å². The number of fused-ring (bicyclic) bond motifs is 1. The number of Topliss-reactive ketones (excluding diaryl/α,β-unsaturated/α-hetero) is 1. The van der Waals surface area contributed by atoms with Crippen molar-refractivity contribution in [1.82, 2.24) is 34.1 Å². The molecular formula is C25H23N7O5. The van der Waals surface area contributed by atoms with E-state index in [9.17, 15) is 19.2 Å². The van der Waals surface area contributed by atoms with E-state index >= 15 is 0 Å². The first-order chi connectivity index (χ1) is 17.9. The topological polar surface area (TPSA) is 133 Å². The van der Waals surface area contributed by atoms with Crippen LogP contribution >= 0.6 is 0 Å². The third-order valence-electron chi connectivity index (χ3n) is 6.27. The standard InChI is InChI=1S/C25H23N7O5/c1-16-27-14-32(28-16)23-21-20(19(37-2)12-26-23)18(13-31(21)15-33)22(34)25(36)30-10-8-29(9-11-30)24(35)17-6-4-3-5-7-17/h3-7,12-15H,8-11H2,1-2H3. The lowest BCUT2D eigenvalue weighted by Gasteiger charge is -2.34. The van der Waals surface area contributed by atoms with Crippen LogP contribution in [0.3, 0.4) is 0 Å². The number of piperazine rings is 1. The van der Waals surface area contributed by atoms with E-state index in [0.717, 1.165) is 0 Å². The smallest absolute Gasteiger partial charge is 0.295 e. The number of carbonyl (C=O) groups is 4. The molecule has 0 aliphatic carbocycles. The Labute approximate surface area is 211 Å². The quantitative estimate of drug-likeness (QED) is 0.218. The number of nitrogens with zero attached hydrogens (tertiary/aromatic N) is 7. The van der Waals surface area contributed by atoms with E-state index in [2.05, 4.69) is 15.1 Å². The average molecular weight is 502 g/mol. The summed E-state index contributed by atoms with van der Waals surface area (Å²) in [6.45, 7) is 2.71. The number of ether oxygens (including phenoxy) is 1.